The Morgan fingerprint density at radius 3 is 2.84 bits per heavy atom. The van der Waals surface area contributed by atoms with Gasteiger partial charge in [-0.25, -0.2) is 0 Å². The summed E-state index contributed by atoms with van der Waals surface area (Å²) in [5, 5.41) is 7.99. The van der Waals surface area contributed by atoms with Crippen molar-refractivity contribution in [3.63, 3.8) is 0 Å². The van der Waals surface area contributed by atoms with Crippen LogP contribution in [0.3, 0.4) is 0 Å². The molecule has 0 radical (unpaired) electrons. The molecule has 0 atom stereocenters. The van der Waals surface area contributed by atoms with E-state index in [1.54, 1.807) is 30.1 Å². The molecule has 0 aliphatic heterocycles. The van der Waals surface area contributed by atoms with Gasteiger partial charge in [-0.3, -0.25) is 9.48 Å². The van der Waals surface area contributed by atoms with Gasteiger partial charge >= 0.3 is 0 Å². The van der Waals surface area contributed by atoms with Crippen LogP contribution in [-0.2, 0) is 13.5 Å². The molecule has 0 bridgehead atoms. The van der Waals surface area contributed by atoms with Crippen LogP contribution in [0.5, 0.6) is 0 Å². The number of nitrogens with one attached hydrogen (secondary N) is 1. The van der Waals surface area contributed by atoms with Crippen LogP contribution >= 0.6 is 23.2 Å². The lowest BCUT2D eigenvalue weighted by molar-refractivity contribution is 0.0954. The lowest BCUT2D eigenvalue weighted by Gasteiger charge is -2.06. The number of aromatic nitrogens is 2. The molecule has 1 N–H and O–H groups in total. The van der Waals surface area contributed by atoms with E-state index in [1.165, 1.54) is 6.20 Å². The number of hydrogen-bond acceptors (Lipinski definition) is 2. The number of amides is 1. The summed E-state index contributed by atoms with van der Waals surface area (Å²) in [5.74, 6) is -0.141. The molecule has 1 heterocycles. The highest BCUT2D eigenvalue weighted by atomic mass is 35.5. The van der Waals surface area contributed by atoms with Crippen molar-refractivity contribution in [1.82, 2.24) is 15.1 Å². The number of benzene rings is 1. The molecule has 0 fully saturated rings. The molecule has 0 aliphatic rings. The Hall–Kier alpha value is -1.52. The van der Waals surface area contributed by atoms with Crippen LogP contribution in [0, 0.1) is 0 Å². The van der Waals surface area contributed by atoms with Gasteiger partial charge in [0.1, 0.15) is 0 Å². The highest BCUT2D eigenvalue weighted by Gasteiger charge is 2.07. The molecule has 1 amide bonds. The maximum Gasteiger partial charge on any atom is 0.254 e. The first kappa shape index (κ1) is 13.9. The highest BCUT2D eigenvalue weighted by molar-refractivity contribution is 6.35. The number of halogens is 2. The largest absolute Gasteiger partial charge is 0.352 e. The second-order valence-electron chi connectivity index (χ2n) is 4.14. The zero-order chi connectivity index (χ0) is 13.8. The minimum Gasteiger partial charge on any atom is -0.352 e. The number of aryl methyl sites for hydroxylation is 1. The van der Waals surface area contributed by atoms with Gasteiger partial charge in [-0.2, -0.15) is 5.10 Å². The average Bonchev–Trinajstić information content (AvgIpc) is 2.78. The zero-order valence-corrected chi connectivity index (χ0v) is 11.9. The molecule has 0 spiro atoms. The Bertz CT molecular complexity index is 595. The summed E-state index contributed by atoms with van der Waals surface area (Å²) in [6, 6.07) is 5.34. The van der Waals surface area contributed by atoms with E-state index in [1.807, 2.05) is 6.07 Å². The number of carbonyl (C=O) groups excluding carboxylic acids is 1. The summed E-state index contributed by atoms with van der Waals surface area (Å²) in [6.45, 7) is 0.509. The van der Waals surface area contributed by atoms with Crippen LogP contribution in [0.25, 0.3) is 0 Å². The topological polar surface area (TPSA) is 46.9 Å². The third-order valence-corrected chi connectivity index (χ3v) is 3.25. The van der Waals surface area contributed by atoms with E-state index in [0.717, 1.165) is 5.56 Å². The van der Waals surface area contributed by atoms with Gasteiger partial charge in [-0.1, -0.05) is 29.3 Å². The summed E-state index contributed by atoms with van der Waals surface area (Å²) in [6.07, 6.45) is 3.86. The fraction of sp³-hybridized carbons (Fsp3) is 0.231. The molecule has 0 unspecified atom stereocenters. The average molecular weight is 298 g/mol. The van der Waals surface area contributed by atoms with Gasteiger partial charge < -0.3 is 5.32 Å². The summed E-state index contributed by atoms with van der Waals surface area (Å²) >= 11 is 11.9. The molecular weight excluding hydrogens is 285 g/mol. The van der Waals surface area contributed by atoms with Crippen molar-refractivity contribution >= 4 is 29.1 Å². The van der Waals surface area contributed by atoms with E-state index in [-0.39, 0.29) is 5.91 Å². The SMILES string of the molecule is Cn1cc(C(=O)NCCc2ccc(Cl)cc2Cl)cn1. The van der Waals surface area contributed by atoms with Gasteiger partial charge in [0.05, 0.1) is 11.8 Å². The predicted molar refractivity (Wildman–Crippen MR) is 75.7 cm³/mol. The Kier molecular flexibility index (Phi) is 4.45. The van der Waals surface area contributed by atoms with Gasteiger partial charge in [0.2, 0.25) is 0 Å². The molecule has 2 rings (SSSR count). The summed E-state index contributed by atoms with van der Waals surface area (Å²) in [5.41, 5.74) is 1.50. The maximum absolute atomic E-state index is 11.8. The molecular formula is C13H13Cl2N3O. The van der Waals surface area contributed by atoms with Crippen molar-refractivity contribution in [2.75, 3.05) is 6.54 Å². The lowest BCUT2D eigenvalue weighted by Crippen LogP contribution is -2.25. The number of rotatable bonds is 4. The fourth-order valence-corrected chi connectivity index (χ4v) is 2.18. The van der Waals surface area contributed by atoms with E-state index in [4.69, 9.17) is 23.2 Å². The number of nitrogens with zero attached hydrogens (tertiary/aromatic N) is 2. The highest BCUT2D eigenvalue weighted by Crippen LogP contribution is 2.21. The van der Waals surface area contributed by atoms with Crippen molar-refractivity contribution in [2.24, 2.45) is 7.05 Å². The Labute approximate surface area is 121 Å². The van der Waals surface area contributed by atoms with Gasteiger partial charge in [0.25, 0.3) is 5.91 Å². The quantitative estimate of drug-likeness (QED) is 0.943. The third kappa shape index (κ3) is 3.72. The molecule has 1 aromatic heterocycles. The standard InChI is InChI=1S/C13H13Cl2N3O/c1-18-8-10(7-17-18)13(19)16-5-4-9-2-3-11(14)6-12(9)15/h2-3,6-8H,4-5H2,1H3,(H,16,19). The fourth-order valence-electron chi connectivity index (χ4n) is 1.68. The van der Waals surface area contributed by atoms with Gasteiger partial charge in [-0.05, 0) is 24.1 Å². The van der Waals surface area contributed by atoms with Gasteiger partial charge in [0, 0.05) is 29.8 Å². The molecule has 0 aliphatic carbocycles. The Balaban J connectivity index is 1.88. The second-order valence-corrected chi connectivity index (χ2v) is 4.99. The summed E-state index contributed by atoms with van der Waals surface area (Å²) in [4.78, 5) is 11.8. The van der Waals surface area contributed by atoms with Crippen molar-refractivity contribution in [3.8, 4) is 0 Å². The molecule has 6 heteroatoms. The van der Waals surface area contributed by atoms with E-state index in [9.17, 15) is 4.79 Å². The monoisotopic (exact) mass is 297 g/mol. The van der Waals surface area contributed by atoms with E-state index < -0.39 is 0 Å². The Morgan fingerprint density at radius 2 is 2.21 bits per heavy atom. The maximum atomic E-state index is 11.8. The second kappa shape index (κ2) is 6.08. The first-order valence-corrected chi connectivity index (χ1v) is 6.52. The van der Waals surface area contributed by atoms with E-state index in [2.05, 4.69) is 10.4 Å². The molecule has 0 saturated carbocycles. The summed E-state index contributed by atoms with van der Waals surface area (Å²) in [7, 11) is 1.77. The van der Waals surface area contributed by atoms with Crippen molar-refractivity contribution in [3.05, 3.63) is 51.8 Å². The first-order chi connectivity index (χ1) is 9.06. The molecule has 1 aromatic carbocycles. The molecule has 100 valence electrons. The Morgan fingerprint density at radius 1 is 1.42 bits per heavy atom. The summed E-state index contributed by atoms with van der Waals surface area (Å²) < 4.78 is 1.59. The molecule has 4 nitrogen and oxygen atoms in total. The number of carbonyl (C=O) groups is 1. The van der Waals surface area contributed by atoms with Crippen LogP contribution < -0.4 is 5.32 Å². The van der Waals surface area contributed by atoms with Crippen molar-refractivity contribution < 1.29 is 4.79 Å². The van der Waals surface area contributed by atoms with Crippen LogP contribution in [0.4, 0.5) is 0 Å². The molecule has 2 aromatic rings. The van der Waals surface area contributed by atoms with Crippen LogP contribution in [-0.4, -0.2) is 22.2 Å². The van der Waals surface area contributed by atoms with Crippen molar-refractivity contribution in [2.45, 2.75) is 6.42 Å². The predicted octanol–water partition coefficient (Wildman–Crippen LogP) is 2.70. The van der Waals surface area contributed by atoms with Crippen LogP contribution in [0.1, 0.15) is 15.9 Å². The molecule has 0 saturated heterocycles. The zero-order valence-electron chi connectivity index (χ0n) is 10.4. The van der Waals surface area contributed by atoms with Gasteiger partial charge in [0.15, 0.2) is 0 Å². The molecule has 19 heavy (non-hydrogen) atoms. The first-order valence-electron chi connectivity index (χ1n) is 5.77. The number of hydrogen-bond donors (Lipinski definition) is 1. The van der Waals surface area contributed by atoms with Gasteiger partial charge in [-0.15, -0.1) is 0 Å². The van der Waals surface area contributed by atoms with E-state index >= 15 is 0 Å². The van der Waals surface area contributed by atoms with E-state index in [0.29, 0.717) is 28.6 Å². The van der Waals surface area contributed by atoms with Crippen LogP contribution in [0.2, 0.25) is 10.0 Å². The lowest BCUT2D eigenvalue weighted by atomic mass is 10.1. The normalized spacial score (nSPS) is 10.5. The minimum absolute atomic E-state index is 0.141. The smallest absolute Gasteiger partial charge is 0.254 e. The van der Waals surface area contributed by atoms with Crippen molar-refractivity contribution in [1.29, 1.82) is 0 Å². The van der Waals surface area contributed by atoms with Crippen LogP contribution in [0.15, 0.2) is 30.6 Å². The third-order valence-electron chi connectivity index (χ3n) is 2.66. The minimum atomic E-state index is -0.141.